The lowest BCUT2D eigenvalue weighted by Gasteiger charge is -2.46. The molecule has 0 aromatic carbocycles. The van der Waals surface area contributed by atoms with Crippen LogP contribution in [0.15, 0.2) is 0 Å². The average Bonchev–Trinajstić information content (AvgIpc) is 2.72. The molecule has 0 aromatic rings. The Morgan fingerprint density at radius 2 is 1.94 bits per heavy atom. The number of hydrogen-bond donors (Lipinski definition) is 1. The Morgan fingerprint density at radius 1 is 1.33 bits per heavy atom. The van der Waals surface area contributed by atoms with Gasteiger partial charge in [0.05, 0.1) is 0 Å². The monoisotopic (exact) mass is 272 g/mol. The maximum absolute atomic E-state index is 6.20. The minimum Gasteiger partial charge on any atom is -0.329 e. The molecule has 108 valence electrons. The molecule has 0 amide bonds. The zero-order valence-electron chi connectivity index (χ0n) is 12.9. The van der Waals surface area contributed by atoms with Crippen molar-refractivity contribution in [1.82, 2.24) is 4.90 Å². The maximum Gasteiger partial charge on any atom is 0.0435 e. The van der Waals surface area contributed by atoms with Crippen LogP contribution in [0.2, 0.25) is 0 Å². The van der Waals surface area contributed by atoms with E-state index >= 15 is 0 Å². The molecule has 2 unspecified atom stereocenters. The summed E-state index contributed by atoms with van der Waals surface area (Å²) in [5.74, 6) is 1.93. The smallest absolute Gasteiger partial charge is 0.0435 e. The van der Waals surface area contributed by atoms with Crippen molar-refractivity contribution in [1.29, 1.82) is 0 Å². The minimum atomic E-state index is 0.255. The SMILES string of the molecule is CCC(CC)N(CC(C)C)C1(CN)CSC(C)C1. The van der Waals surface area contributed by atoms with Gasteiger partial charge in [0, 0.05) is 35.7 Å². The molecule has 18 heavy (non-hydrogen) atoms. The molecule has 1 aliphatic rings. The fourth-order valence-electron chi connectivity index (χ4n) is 3.26. The van der Waals surface area contributed by atoms with E-state index in [2.05, 4.69) is 51.3 Å². The molecule has 3 heteroatoms. The lowest BCUT2D eigenvalue weighted by atomic mass is 9.89. The average molecular weight is 273 g/mol. The van der Waals surface area contributed by atoms with Crippen molar-refractivity contribution in [2.24, 2.45) is 11.7 Å². The molecule has 0 spiro atoms. The zero-order chi connectivity index (χ0) is 13.8. The Hall–Kier alpha value is 0.270. The van der Waals surface area contributed by atoms with Gasteiger partial charge >= 0.3 is 0 Å². The van der Waals surface area contributed by atoms with Gasteiger partial charge in [-0.15, -0.1) is 0 Å². The Morgan fingerprint density at radius 3 is 2.28 bits per heavy atom. The Labute approximate surface area is 118 Å². The van der Waals surface area contributed by atoms with Crippen molar-refractivity contribution >= 4 is 11.8 Å². The van der Waals surface area contributed by atoms with Crippen LogP contribution in [0.5, 0.6) is 0 Å². The highest BCUT2D eigenvalue weighted by Gasteiger charge is 2.43. The second kappa shape index (κ2) is 7.16. The number of nitrogens with zero attached hydrogens (tertiary/aromatic N) is 1. The Bertz CT molecular complexity index is 241. The van der Waals surface area contributed by atoms with Crippen molar-refractivity contribution in [2.45, 2.75) is 70.7 Å². The van der Waals surface area contributed by atoms with Crippen molar-refractivity contribution in [3.05, 3.63) is 0 Å². The topological polar surface area (TPSA) is 29.3 Å². The third-order valence-corrected chi connectivity index (χ3v) is 5.68. The highest BCUT2D eigenvalue weighted by atomic mass is 32.2. The standard InChI is InChI=1S/C15H32N2S/c1-6-14(7-2)17(9-12(3)4)15(10-16)8-13(5)18-11-15/h12-14H,6-11,16H2,1-5H3. The van der Waals surface area contributed by atoms with E-state index in [9.17, 15) is 0 Å². The molecule has 1 saturated heterocycles. The summed E-state index contributed by atoms with van der Waals surface area (Å²) in [5.41, 5.74) is 6.45. The van der Waals surface area contributed by atoms with E-state index in [-0.39, 0.29) is 5.54 Å². The van der Waals surface area contributed by atoms with Crippen LogP contribution in [-0.2, 0) is 0 Å². The summed E-state index contributed by atoms with van der Waals surface area (Å²) < 4.78 is 0. The van der Waals surface area contributed by atoms with Crippen LogP contribution in [0.3, 0.4) is 0 Å². The molecule has 2 atom stereocenters. The van der Waals surface area contributed by atoms with Gasteiger partial charge in [0.1, 0.15) is 0 Å². The summed E-state index contributed by atoms with van der Waals surface area (Å²) in [4.78, 5) is 2.76. The summed E-state index contributed by atoms with van der Waals surface area (Å²) in [7, 11) is 0. The molecule has 2 N–H and O–H groups in total. The van der Waals surface area contributed by atoms with E-state index < -0.39 is 0 Å². The van der Waals surface area contributed by atoms with Gasteiger partial charge in [0.15, 0.2) is 0 Å². The molecule has 1 heterocycles. The Kier molecular flexibility index (Phi) is 6.49. The van der Waals surface area contributed by atoms with E-state index in [1.165, 1.54) is 31.6 Å². The highest BCUT2D eigenvalue weighted by Crippen LogP contribution is 2.40. The van der Waals surface area contributed by atoms with Crippen molar-refractivity contribution in [3.63, 3.8) is 0 Å². The summed E-state index contributed by atoms with van der Waals surface area (Å²) in [5, 5.41) is 0.762. The largest absolute Gasteiger partial charge is 0.329 e. The van der Waals surface area contributed by atoms with Crippen LogP contribution in [0, 0.1) is 5.92 Å². The van der Waals surface area contributed by atoms with Gasteiger partial charge in [-0.2, -0.15) is 11.8 Å². The van der Waals surface area contributed by atoms with E-state index in [1.807, 2.05) is 0 Å². The molecule has 0 saturated carbocycles. The number of rotatable bonds is 7. The molecular weight excluding hydrogens is 240 g/mol. The van der Waals surface area contributed by atoms with Crippen molar-refractivity contribution in [2.75, 3.05) is 18.8 Å². The molecule has 0 aromatic heterocycles. The zero-order valence-corrected chi connectivity index (χ0v) is 13.7. The molecule has 1 aliphatic heterocycles. The first kappa shape index (κ1) is 16.3. The Balaban J connectivity index is 2.91. The normalized spacial score (nSPS) is 28.8. The van der Waals surface area contributed by atoms with Crippen LogP contribution in [0.1, 0.15) is 53.9 Å². The van der Waals surface area contributed by atoms with Gasteiger partial charge < -0.3 is 5.73 Å². The van der Waals surface area contributed by atoms with E-state index in [1.54, 1.807) is 0 Å². The second-order valence-corrected chi connectivity index (χ2v) is 7.70. The predicted molar refractivity (Wildman–Crippen MR) is 84.2 cm³/mol. The molecule has 2 nitrogen and oxygen atoms in total. The first-order valence-corrected chi connectivity index (χ1v) is 8.62. The molecule has 1 rings (SSSR count). The second-order valence-electron chi connectivity index (χ2n) is 6.27. The fraction of sp³-hybridized carbons (Fsp3) is 1.00. The maximum atomic E-state index is 6.20. The van der Waals surface area contributed by atoms with E-state index in [0.717, 1.165) is 17.7 Å². The van der Waals surface area contributed by atoms with Gasteiger partial charge in [-0.25, -0.2) is 0 Å². The number of thioether (sulfide) groups is 1. The van der Waals surface area contributed by atoms with Crippen LogP contribution in [-0.4, -0.2) is 40.6 Å². The van der Waals surface area contributed by atoms with Gasteiger partial charge in [0.25, 0.3) is 0 Å². The van der Waals surface area contributed by atoms with Gasteiger partial charge in [0.2, 0.25) is 0 Å². The minimum absolute atomic E-state index is 0.255. The summed E-state index contributed by atoms with van der Waals surface area (Å²) in [6.07, 6.45) is 3.74. The van der Waals surface area contributed by atoms with Crippen LogP contribution >= 0.6 is 11.8 Å². The lowest BCUT2D eigenvalue weighted by Crippen LogP contribution is -2.59. The van der Waals surface area contributed by atoms with E-state index in [0.29, 0.717) is 6.04 Å². The first-order chi connectivity index (χ1) is 8.49. The quantitative estimate of drug-likeness (QED) is 0.770. The predicted octanol–water partition coefficient (Wildman–Crippen LogP) is 3.36. The molecule has 0 bridgehead atoms. The third kappa shape index (κ3) is 3.64. The summed E-state index contributed by atoms with van der Waals surface area (Å²) >= 11 is 2.10. The van der Waals surface area contributed by atoms with Gasteiger partial charge in [-0.05, 0) is 25.2 Å². The van der Waals surface area contributed by atoms with Gasteiger partial charge in [-0.1, -0.05) is 34.6 Å². The fourth-order valence-corrected chi connectivity index (χ4v) is 4.69. The number of hydrogen-bond acceptors (Lipinski definition) is 3. The number of nitrogens with two attached hydrogens (primary N) is 1. The van der Waals surface area contributed by atoms with Crippen LogP contribution in [0.4, 0.5) is 0 Å². The third-order valence-electron chi connectivity index (χ3n) is 4.24. The van der Waals surface area contributed by atoms with Crippen LogP contribution < -0.4 is 5.73 Å². The van der Waals surface area contributed by atoms with Crippen molar-refractivity contribution in [3.8, 4) is 0 Å². The first-order valence-electron chi connectivity index (χ1n) is 7.57. The van der Waals surface area contributed by atoms with Gasteiger partial charge in [-0.3, -0.25) is 4.90 Å². The molecular formula is C15H32N2S. The molecule has 1 fully saturated rings. The highest BCUT2D eigenvalue weighted by molar-refractivity contribution is 8.00. The summed E-state index contributed by atoms with van der Waals surface area (Å²) in [6.45, 7) is 13.6. The van der Waals surface area contributed by atoms with Crippen LogP contribution in [0.25, 0.3) is 0 Å². The van der Waals surface area contributed by atoms with Crippen molar-refractivity contribution < 1.29 is 0 Å². The summed E-state index contributed by atoms with van der Waals surface area (Å²) in [6, 6.07) is 0.696. The molecule has 0 aliphatic carbocycles. The lowest BCUT2D eigenvalue weighted by molar-refractivity contribution is 0.0463. The molecule has 0 radical (unpaired) electrons. The van der Waals surface area contributed by atoms with E-state index in [4.69, 9.17) is 5.73 Å².